The smallest absolute Gasteiger partial charge is 0.346 e. The molecule has 160 valence electrons. The second-order valence-corrected chi connectivity index (χ2v) is 8.06. The third kappa shape index (κ3) is 4.59. The fraction of sp³-hybridized carbons (Fsp3) is 0.688. The van der Waals surface area contributed by atoms with Crippen LogP contribution in [-0.4, -0.2) is 78.3 Å². The van der Waals surface area contributed by atoms with Crippen LogP contribution in [0, 0.1) is 5.92 Å². The van der Waals surface area contributed by atoms with Crippen molar-refractivity contribution in [2.75, 3.05) is 19.7 Å². The average Bonchev–Trinajstić information content (AvgIpc) is 3.41. The van der Waals surface area contributed by atoms with Crippen LogP contribution in [0.15, 0.2) is 18.5 Å². The monoisotopic (exact) mass is 427 g/mol. The maximum atomic E-state index is 12.5. The van der Waals surface area contributed by atoms with E-state index in [0.717, 1.165) is 24.6 Å². The predicted octanol–water partition coefficient (Wildman–Crippen LogP) is -1.10. The van der Waals surface area contributed by atoms with Crippen molar-refractivity contribution < 1.29 is 27.5 Å². The molecular formula is C16H23N6O6S-. The molecule has 13 heteroatoms. The van der Waals surface area contributed by atoms with E-state index in [9.17, 15) is 18.4 Å². The summed E-state index contributed by atoms with van der Waals surface area (Å²) in [5.74, 6) is 0.0160. The summed E-state index contributed by atoms with van der Waals surface area (Å²) < 4.78 is 27.9. The van der Waals surface area contributed by atoms with Gasteiger partial charge in [0.2, 0.25) is 0 Å². The van der Waals surface area contributed by atoms with Crippen LogP contribution in [-0.2, 0) is 31.8 Å². The lowest BCUT2D eigenvalue weighted by Gasteiger charge is -2.29. The van der Waals surface area contributed by atoms with Crippen LogP contribution in [0.4, 0.5) is 4.79 Å². The van der Waals surface area contributed by atoms with E-state index in [1.807, 2.05) is 16.9 Å². The molecule has 0 aliphatic carbocycles. The van der Waals surface area contributed by atoms with Gasteiger partial charge in [-0.3, -0.25) is 14.3 Å². The van der Waals surface area contributed by atoms with Gasteiger partial charge < -0.3 is 14.8 Å². The summed E-state index contributed by atoms with van der Waals surface area (Å²) in [6.45, 7) is 2.24. The van der Waals surface area contributed by atoms with E-state index in [2.05, 4.69) is 20.2 Å². The lowest BCUT2D eigenvalue weighted by atomic mass is 10.0. The van der Waals surface area contributed by atoms with Crippen molar-refractivity contribution in [1.29, 1.82) is 0 Å². The summed E-state index contributed by atoms with van der Waals surface area (Å²) in [5, 5.41) is 8.39. The van der Waals surface area contributed by atoms with Crippen molar-refractivity contribution in [3.8, 4) is 0 Å². The number of carbonyl (C=O) groups is 2. The Hall–Kier alpha value is -2.06. The van der Waals surface area contributed by atoms with E-state index in [0.29, 0.717) is 25.4 Å². The van der Waals surface area contributed by atoms with Gasteiger partial charge in [0, 0.05) is 38.1 Å². The standard InChI is InChI=1S/C16H24N6O6S/c23-15(14-3-2-13-9-21(14)16(24)22(13)28-29(25)26)19-27-10-12-6-11(7-17-12)8-20-5-1-4-18-20/h1,4-5,11-14,17H,2-3,6-10H2,(H,19,23)(H,25,26)/p-1/t11-,12+,13?,14?/m0/s1. The van der Waals surface area contributed by atoms with E-state index < -0.39 is 29.3 Å². The first kappa shape index (κ1) is 20.2. The number of nitrogens with one attached hydrogen (secondary N) is 2. The minimum Gasteiger partial charge on any atom is -0.748 e. The van der Waals surface area contributed by atoms with E-state index in [1.54, 1.807) is 6.20 Å². The number of hydrogen-bond donors (Lipinski definition) is 2. The second-order valence-electron chi connectivity index (χ2n) is 7.50. The second kappa shape index (κ2) is 8.75. The first-order valence-corrected chi connectivity index (χ1v) is 10.5. The number of fused-ring (bicyclic) bond motifs is 2. The molecule has 4 rings (SSSR count). The van der Waals surface area contributed by atoms with Crippen LogP contribution < -0.4 is 10.8 Å². The first-order chi connectivity index (χ1) is 14.0. The Bertz CT molecular complexity index is 763. The van der Waals surface area contributed by atoms with Gasteiger partial charge in [0.15, 0.2) is 0 Å². The minimum absolute atomic E-state index is 0.121. The molecule has 3 amide bonds. The van der Waals surface area contributed by atoms with Crippen LogP contribution in [0.5, 0.6) is 0 Å². The lowest BCUT2D eigenvalue weighted by molar-refractivity contribution is -0.139. The highest BCUT2D eigenvalue weighted by Gasteiger charge is 2.48. The number of amides is 3. The van der Waals surface area contributed by atoms with Crippen molar-refractivity contribution in [3.63, 3.8) is 0 Å². The van der Waals surface area contributed by atoms with Crippen LogP contribution in [0.1, 0.15) is 19.3 Å². The molecule has 1 aromatic rings. The van der Waals surface area contributed by atoms with Crippen LogP contribution >= 0.6 is 0 Å². The molecule has 1 aromatic heterocycles. The molecule has 29 heavy (non-hydrogen) atoms. The predicted molar refractivity (Wildman–Crippen MR) is 97.0 cm³/mol. The number of rotatable bonds is 8. The van der Waals surface area contributed by atoms with E-state index in [4.69, 9.17) is 4.84 Å². The molecule has 0 spiro atoms. The molecule has 12 nitrogen and oxygen atoms in total. The van der Waals surface area contributed by atoms with E-state index >= 15 is 0 Å². The van der Waals surface area contributed by atoms with Gasteiger partial charge in [0.25, 0.3) is 5.91 Å². The molecule has 5 atom stereocenters. The highest BCUT2D eigenvalue weighted by Crippen LogP contribution is 2.30. The summed E-state index contributed by atoms with van der Waals surface area (Å²) in [5.41, 5.74) is 2.43. The molecule has 2 bridgehead atoms. The van der Waals surface area contributed by atoms with Gasteiger partial charge in [-0.1, -0.05) is 0 Å². The topological polar surface area (TPSA) is 141 Å². The van der Waals surface area contributed by atoms with Gasteiger partial charge in [0.05, 0.1) is 12.6 Å². The Kier molecular flexibility index (Phi) is 6.10. The molecule has 3 unspecified atom stereocenters. The van der Waals surface area contributed by atoms with Crippen molar-refractivity contribution in [1.82, 2.24) is 30.5 Å². The summed E-state index contributed by atoms with van der Waals surface area (Å²) in [4.78, 5) is 31.5. The average molecular weight is 427 g/mol. The molecule has 3 saturated heterocycles. The normalized spacial score (nSPS) is 30.0. The van der Waals surface area contributed by atoms with Crippen LogP contribution in [0.3, 0.4) is 0 Å². The zero-order valence-corrected chi connectivity index (χ0v) is 16.5. The number of hydroxylamine groups is 3. The van der Waals surface area contributed by atoms with Crippen molar-refractivity contribution in [3.05, 3.63) is 18.5 Å². The summed E-state index contributed by atoms with van der Waals surface area (Å²) in [6, 6.07) is 0.297. The summed E-state index contributed by atoms with van der Waals surface area (Å²) in [6.07, 6.45) is 5.47. The molecule has 0 radical (unpaired) electrons. The molecule has 3 aliphatic rings. The minimum atomic E-state index is -2.84. The fourth-order valence-corrected chi connectivity index (χ4v) is 4.51. The van der Waals surface area contributed by atoms with E-state index in [1.165, 1.54) is 4.90 Å². The van der Waals surface area contributed by atoms with Crippen molar-refractivity contribution >= 4 is 23.3 Å². The molecule has 2 N–H and O–H groups in total. The fourth-order valence-electron chi connectivity index (χ4n) is 4.19. The zero-order chi connectivity index (χ0) is 20.4. The Morgan fingerprint density at radius 1 is 1.45 bits per heavy atom. The van der Waals surface area contributed by atoms with Crippen molar-refractivity contribution in [2.45, 2.75) is 43.9 Å². The highest BCUT2D eigenvalue weighted by molar-refractivity contribution is 7.74. The molecule has 3 fully saturated rings. The largest absolute Gasteiger partial charge is 0.748 e. The number of carbonyl (C=O) groups excluding carboxylic acids is 2. The summed E-state index contributed by atoms with van der Waals surface area (Å²) >= 11 is -2.84. The van der Waals surface area contributed by atoms with Gasteiger partial charge in [-0.2, -0.15) is 14.4 Å². The van der Waals surface area contributed by atoms with Gasteiger partial charge in [0.1, 0.15) is 17.4 Å². The zero-order valence-electron chi connectivity index (χ0n) is 15.6. The van der Waals surface area contributed by atoms with Gasteiger partial charge in [-0.05, 0) is 31.2 Å². The number of hydrogen-bond acceptors (Lipinski definition) is 8. The number of urea groups is 1. The first-order valence-electron chi connectivity index (χ1n) is 9.51. The number of nitrogens with zero attached hydrogens (tertiary/aromatic N) is 4. The molecular weight excluding hydrogens is 404 g/mol. The number of aromatic nitrogens is 2. The SMILES string of the molecule is O=C(NOC[C@H]1C[C@H](Cn2cccn2)CN1)C1CCC2CN1C(=O)N2OS(=O)[O-]. The highest BCUT2D eigenvalue weighted by atomic mass is 32.2. The maximum Gasteiger partial charge on any atom is 0.346 e. The lowest BCUT2D eigenvalue weighted by Crippen LogP contribution is -2.50. The van der Waals surface area contributed by atoms with Crippen molar-refractivity contribution in [2.24, 2.45) is 5.92 Å². The molecule has 3 aliphatic heterocycles. The third-order valence-corrected chi connectivity index (χ3v) is 5.82. The van der Waals surface area contributed by atoms with Gasteiger partial charge >= 0.3 is 6.03 Å². The Balaban J connectivity index is 1.20. The van der Waals surface area contributed by atoms with Crippen LogP contribution in [0.25, 0.3) is 0 Å². The maximum absolute atomic E-state index is 12.5. The van der Waals surface area contributed by atoms with Gasteiger partial charge in [-0.25, -0.2) is 14.5 Å². The molecule has 0 saturated carbocycles. The summed E-state index contributed by atoms with van der Waals surface area (Å²) in [7, 11) is 0. The number of piperidine rings is 1. The van der Waals surface area contributed by atoms with Gasteiger partial charge in [-0.15, -0.1) is 0 Å². The quantitative estimate of drug-likeness (QED) is 0.394. The molecule has 4 heterocycles. The Morgan fingerprint density at radius 2 is 2.31 bits per heavy atom. The van der Waals surface area contributed by atoms with E-state index in [-0.39, 0.29) is 18.6 Å². The molecule has 0 aromatic carbocycles. The third-order valence-electron chi connectivity index (χ3n) is 5.54. The Morgan fingerprint density at radius 3 is 3.07 bits per heavy atom. The Labute approximate surface area is 169 Å². The van der Waals surface area contributed by atoms with Crippen LogP contribution in [0.2, 0.25) is 0 Å².